The fourth-order valence-corrected chi connectivity index (χ4v) is 2.11. The van der Waals surface area contributed by atoms with Crippen LogP contribution in [0.25, 0.3) is 0 Å². The number of rotatable bonds is 6. The summed E-state index contributed by atoms with van der Waals surface area (Å²) in [5, 5.41) is 27.0. The average Bonchev–Trinajstić information content (AvgIpc) is 3.18. The maximum absolute atomic E-state index is 10.7. The minimum atomic E-state index is -0.800. The quantitative estimate of drug-likeness (QED) is 0.282. The van der Waals surface area contributed by atoms with Crippen molar-refractivity contribution in [3.05, 3.63) is 81.3 Å². The van der Waals surface area contributed by atoms with Crippen LogP contribution in [0.3, 0.4) is 0 Å². The summed E-state index contributed by atoms with van der Waals surface area (Å²) in [6.07, 6.45) is 2.30. The molecule has 10 heteroatoms. The standard InChI is InChI=1S/C16H11BrN6O3/c17-11-3-8-15(18-10-11)20-22-16(14-2-1-9-26-14)21-19-12-4-6-13(7-5-12)23(24)25/h1-10,16H. The van der Waals surface area contributed by atoms with Crippen LogP contribution in [0.15, 0.2) is 90.3 Å². The number of nitro benzene ring substituents is 1. The van der Waals surface area contributed by atoms with Gasteiger partial charge in [-0.05, 0) is 52.3 Å². The zero-order valence-corrected chi connectivity index (χ0v) is 14.7. The Balaban J connectivity index is 1.80. The van der Waals surface area contributed by atoms with Crippen LogP contribution in [-0.4, -0.2) is 9.91 Å². The number of pyridine rings is 1. The van der Waals surface area contributed by atoms with Crippen molar-refractivity contribution in [2.45, 2.75) is 6.17 Å². The summed E-state index contributed by atoms with van der Waals surface area (Å²) in [5.74, 6) is 0.867. The molecule has 0 amide bonds. The molecule has 1 unspecified atom stereocenters. The lowest BCUT2D eigenvalue weighted by atomic mass is 10.3. The first-order chi connectivity index (χ1) is 12.6. The SMILES string of the molecule is O=[N+]([O-])c1ccc(N=NC(N=Nc2ccc(Br)cn2)c2ccco2)cc1. The molecule has 9 nitrogen and oxygen atoms in total. The van der Waals surface area contributed by atoms with E-state index in [9.17, 15) is 10.1 Å². The second-order valence-corrected chi connectivity index (χ2v) is 5.84. The molecule has 3 aromatic rings. The maximum atomic E-state index is 10.7. The van der Waals surface area contributed by atoms with Crippen LogP contribution in [0.4, 0.5) is 17.2 Å². The van der Waals surface area contributed by atoms with Gasteiger partial charge in [0.05, 0.1) is 16.9 Å². The van der Waals surface area contributed by atoms with E-state index < -0.39 is 11.1 Å². The van der Waals surface area contributed by atoms with Gasteiger partial charge in [-0.15, -0.1) is 10.2 Å². The molecule has 0 saturated heterocycles. The third-order valence-corrected chi connectivity index (χ3v) is 3.59. The molecule has 0 spiro atoms. The number of nitro groups is 1. The fraction of sp³-hybridized carbons (Fsp3) is 0.0625. The molecule has 0 saturated carbocycles. The van der Waals surface area contributed by atoms with Crippen LogP contribution < -0.4 is 0 Å². The fourth-order valence-electron chi connectivity index (χ4n) is 1.88. The van der Waals surface area contributed by atoms with E-state index in [-0.39, 0.29) is 5.69 Å². The van der Waals surface area contributed by atoms with E-state index in [4.69, 9.17) is 4.42 Å². The Hall–Kier alpha value is -3.27. The molecule has 1 aromatic carbocycles. The summed E-state index contributed by atoms with van der Waals surface area (Å²) in [5.41, 5.74) is 0.427. The van der Waals surface area contributed by atoms with E-state index in [0.29, 0.717) is 17.3 Å². The van der Waals surface area contributed by atoms with Gasteiger partial charge in [0.15, 0.2) is 11.6 Å². The molecule has 0 bridgehead atoms. The number of hydrogen-bond donors (Lipinski definition) is 0. The second kappa shape index (κ2) is 8.21. The van der Waals surface area contributed by atoms with Crippen LogP contribution in [0, 0.1) is 10.1 Å². The summed E-state index contributed by atoms with van der Waals surface area (Å²) in [6.45, 7) is 0. The number of halogens is 1. The number of non-ortho nitro benzene ring substituents is 1. The molecule has 26 heavy (non-hydrogen) atoms. The van der Waals surface area contributed by atoms with Crippen molar-refractivity contribution in [1.82, 2.24) is 4.98 Å². The van der Waals surface area contributed by atoms with E-state index in [0.717, 1.165) is 4.47 Å². The van der Waals surface area contributed by atoms with E-state index >= 15 is 0 Å². The van der Waals surface area contributed by atoms with Crippen LogP contribution in [0.5, 0.6) is 0 Å². The van der Waals surface area contributed by atoms with Crippen molar-refractivity contribution in [3.8, 4) is 0 Å². The molecular formula is C16H11BrN6O3. The van der Waals surface area contributed by atoms with E-state index in [1.807, 2.05) is 0 Å². The van der Waals surface area contributed by atoms with Gasteiger partial charge in [0.1, 0.15) is 0 Å². The van der Waals surface area contributed by atoms with Gasteiger partial charge >= 0.3 is 0 Å². The summed E-state index contributed by atoms with van der Waals surface area (Å²) in [6, 6.07) is 12.6. The Morgan fingerprint density at radius 3 is 2.46 bits per heavy atom. The molecule has 2 aromatic heterocycles. The Kier molecular flexibility index (Phi) is 5.54. The van der Waals surface area contributed by atoms with E-state index in [2.05, 4.69) is 41.4 Å². The van der Waals surface area contributed by atoms with Gasteiger partial charge in [-0.1, -0.05) is 0 Å². The highest BCUT2D eigenvalue weighted by Gasteiger charge is 2.12. The van der Waals surface area contributed by atoms with Crippen molar-refractivity contribution in [1.29, 1.82) is 0 Å². The lowest BCUT2D eigenvalue weighted by molar-refractivity contribution is -0.384. The molecule has 1 atom stereocenters. The van der Waals surface area contributed by atoms with Crippen molar-refractivity contribution in [2.75, 3.05) is 0 Å². The summed E-state index contributed by atoms with van der Waals surface area (Å²) < 4.78 is 6.15. The van der Waals surface area contributed by atoms with E-state index in [1.54, 1.807) is 30.5 Å². The number of nitrogens with zero attached hydrogens (tertiary/aromatic N) is 6. The normalized spacial score (nSPS) is 12.7. The molecule has 0 radical (unpaired) electrons. The van der Waals surface area contributed by atoms with Gasteiger partial charge in [-0.3, -0.25) is 10.1 Å². The number of benzene rings is 1. The molecule has 0 aliphatic carbocycles. The van der Waals surface area contributed by atoms with Gasteiger partial charge < -0.3 is 4.42 Å². The number of aromatic nitrogens is 1. The summed E-state index contributed by atoms with van der Waals surface area (Å²) in [4.78, 5) is 14.3. The zero-order valence-electron chi connectivity index (χ0n) is 13.1. The van der Waals surface area contributed by atoms with Crippen molar-refractivity contribution >= 4 is 33.1 Å². The summed E-state index contributed by atoms with van der Waals surface area (Å²) >= 11 is 3.30. The van der Waals surface area contributed by atoms with Gasteiger partial charge in [0.2, 0.25) is 6.17 Å². The van der Waals surface area contributed by atoms with Gasteiger partial charge in [0, 0.05) is 22.8 Å². The minimum absolute atomic E-state index is 0.0208. The molecule has 0 aliphatic heterocycles. The zero-order chi connectivity index (χ0) is 18.4. The lowest BCUT2D eigenvalue weighted by Gasteiger charge is -2.01. The first-order valence-corrected chi connectivity index (χ1v) is 8.12. The highest BCUT2D eigenvalue weighted by Crippen LogP contribution is 2.25. The summed E-state index contributed by atoms with van der Waals surface area (Å²) in [7, 11) is 0. The van der Waals surface area contributed by atoms with Crippen LogP contribution in [0.1, 0.15) is 11.9 Å². The predicted octanol–water partition coefficient (Wildman–Crippen LogP) is 5.91. The molecular weight excluding hydrogens is 404 g/mol. The van der Waals surface area contributed by atoms with Gasteiger partial charge in [0.25, 0.3) is 5.69 Å². The Morgan fingerprint density at radius 1 is 1.08 bits per heavy atom. The van der Waals surface area contributed by atoms with Crippen molar-refractivity contribution in [3.63, 3.8) is 0 Å². The minimum Gasteiger partial charge on any atom is -0.465 e. The second-order valence-electron chi connectivity index (χ2n) is 4.93. The Bertz CT molecular complexity index is 924. The third-order valence-electron chi connectivity index (χ3n) is 3.12. The van der Waals surface area contributed by atoms with Crippen LogP contribution in [0.2, 0.25) is 0 Å². The van der Waals surface area contributed by atoms with Crippen molar-refractivity contribution in [2.24, 2.45) is 20.5 Å². The topological polar surface area (TPSA) is 119 Å². The Morgan fingerprint density at radius 2 is 1.85 bits per heavy atom. The Labute approximate surface area is 155 Å². The van der Waals surface area contributed by atoms with Crippen LogP contribution >= 0.6 is 15.9 Å². The first kappa shape index (κ1) is 17.5. The van der Waals surface area contributed by atoms with Crippen LogP contribution in [-0.2, 0) is 0 Å². The molecule has 130 valence electrons. The average molecular weight is 415 g/mol. The smallest absolute Gasteiger partial charge is 0.269 e. The number of furan rings is 1. The molecule has 0 aliphatic rings. The largest absolute Gasteiger partial charge is 0.465 e. The monoisotopic (exact) mass is 414 g/mol. The third kappa shape index (κ3) is 4.63. The molecule has 0 N–H and O–H groups in total. The lowest BCUT2D eigenvalue weighted by Crippen LogP contribution is -1.88. The van der Waals surface area contributed by atoms with Gasteiger partial charge in [-0.2, -0.15) is 10.2 Å². The highest BCUT2D eigenvalue weighted by atomic mass is 79.9. The predicted molar refractivity (Wildman–Crippen MR) is 95.5 cm³/mol. The molecule has 3 rings (SSSR count). The number of hydrogen-bond acceptors (Lipinski definition) is 8. The molecule has 0 fully saturated rings. The number of azo groups is 2. The first-order valence-electron chi connectivity index (χ1n) is 7.33. The van der Waals surface area contributed by atoms with Crippen molar-refractivity contribution < 1.29 is 9.34 Å². The maximum Gasteiger partial charge on any atom is 0.269 e. The molecule has 2 heterocycles. The highest BCUT2D eigenvalue weighted by molar-refractivity contribution is 9.10. The van der Waals surface area contributed by atoms with Gasteiger partial charge in [-0.25, -0.2) is 4.98 Å². The van der Waals surface area contributed by atoms with E-state index in [1.165, 1.54) is 30.5 Å².